The minimum Gasteiger partial charge on any atom is -0.479 e. The van der Waals surface area contributed by atoms with Gasteiger partial charge in [0.25, 0.3) is 0 Å². The van der Waals surface area contributed by atoms with Gasteiger partial charge in [-0.25, -0.2) is 13.2 Å². The van der Waals surface area contributed by atoms with Crippen LogP contribution in [0.5, 0.6) is 0 Å². The van der Waals surface area contributed by atoms with Crippen LogP contribution in [0.25, 0.3) is 0 Å². The smallest absolute Gasteiger partial charge is 0.337 e. The summed E-state index contributed by atoms with van der Waals surface area (Å²) in [6.07, 6.45) is 0. The molecule has 1 aromatic rings. The average Bonchev–Trinajstić information content (AvgIpc) is 2.17. The van der Waals surface area contributed by atoms with Crippen molar-refractivity contribution in [3.63, 3.8) is 0 Å². The van der Waals surface area contributed by atoms with Crippen molar-refractivity contribution in [1.82, 2.24) is 0 Å². The summed E-state index contributed by atoms with van der Waals surface area (Å²) in [6.45, 7) is 1.80. The number of aryl methyl sites for hydroxylation is 1. The Balaban J connectivity index is 3.17. The van der Waals surface area contributed by atoms with Crippen molar-refractivity contribution in [2.24, 2.45) is 0 Å². The monoisotopic (exact) mass is 248 g/mol. The third kappa shape index (κ3) is 2.49. The number of hydrogen-bond donors (Lipinski definition) is 1. The van der Waals surface area contributed by atoms with Gasteiger partial charge < -0.3 is 5.11 Å². The average molecular weight is 249 g/mol. The number of sulfone groups is 1. The fourth-order valence-electron chi connectivity index (χ4n) is 0.980. The molecule has 0 aliphatic carbocycles. The molecule has 0 aliphatic rings. The highest BCUT2D eigenvalue weighted by atomic mass is 35.5. The van der Waals surface area contributed by atoms with Gasteiger partial charge in [-0.05, 0) is 19.1 Å². The largest absolute Gasteiger partial charge is 0.479 e. The maximum absolute atomic E-state index is 11.6. The third-order valence-electron chi connectivity index (χ3n) is 1.82. The molecule has 6 heteroatoms. The molecule has 0 amide bonds. The van der Waals surface area contributed by atoms with Gasteiger partial charge in [0.1, 0.15) is 0 Å². The summed E-state index contributed by atoms with van der Waals surface area (Å²) in [4.78, 5) is 10.4. The molecule has 0 heterocycles. The van der Waals surface area contributed by atoms with Gasteiger partial charge in [-0.2, -0.15) is 0 Å². The number of carboxylic acids is 1. The summed E-state index contributed by atoms with van der Waals surface area (Å²) >= 11 is 5.29. The minimum atomic E-state index is -3.99. The van der Waals surface area contributed by atoms with Crippen LogP contribution in [0.1, 0.15) is 5.56 Å². The van der Waals surface area contributed by atoms with Crippen LogP contribution in [0.15, 0.2) is 29.2 Å². The molecule has 4 nitrogen and oxygen atoms in total. The highest BCUT2D eigenvalue weighted by Crippen LogP contribution is 2.19. The van der Waals surface area contributed by atoms with Crippen LogP contribution in [0, 0.1) is 6.92 Å². The van der Waals surface area contributed by atoms with Gasteiger partial charge in [0, 0.05) is 0 Å². The van der Waals surface area contributed by atoms with Crippen LogP contribution in [-0.2, 0) is 14.6 Å². The molecule has 1 unspecified atom stereocenters. The van der Waals surface area contributed by atoms with Crippen molar-refractivity contribution in [2.45, 2.75) is 16.5 Å². The highest BCUT2D eigenvalue weighted by molar-refractivity contribution is 7.94. The predicted molar refractivity (Wildman–Crippen MR) is 55.6 cm³/mol. The standard InChI is InChI=1S/C9H9ClO4S/c1-6-2-4-7(5-3-6)15(13,14)8(10)9(11)12/h2-5,8H,1H3,(H,11,12). The zero-order chi connectivity index (χ0) is 11.6. The number of aliphatic carboxylic acids is 1. The number of alkyl halides is 1. The van der Waals surface area contributed by atoms with Crippen molar-refractivity contribution in [1.29, 1.82) is 0 Å². The lowest BCUT2D eigenvalue weighted by atomic mass is 10.2. The molecule has 1 atom stereocenters. The Hall–Kier alpha value is -1.07. The molecule has 0 radical (unpaired) electrons. The first kappa shape index (κ1) is 12.0. The van der Waals surface area contributed by atoms with E-state index >= 15 is 0 Å². The number of rotatable bonds is 3. The Labute approximate surface area is 92.4 Å². The van der Waals surface area contributed by atoms with Crippen LogP contribution < -0.4 is 0 Å². The van der Waals surface area contributed by atoms with Gasteiger partial charge >= 0.3 is 5.97 Å². The van der Waals surface area contributed by atoms with E-state index in [0.29, 0.717) is 0 Å². The van der Waals surface area contributed by atoms with Crippen LogP contribution in [0.3, 0.4) is 0 Å². The zero-order valence-electron chi connectivity index (χ0n) is 7.84. The summed E-state index contributed by atoms with van der Waals surface area (Å²) in [5.74, 6) is -1.57. The lowest BCUT2D eigenvalue weighted by Crippen LogP contribution is -2.24. The van der Waals surface area contributed by atoms with Crippen molar-refractivity contribution in [3.8, 4) is 0 Å². The van der Waals surface area contributed by atoms with E-state index in [1.54, 1.807) is 19.1 Å². The second-order valence-corrected chi connectivity index (χ2v) is 5.74. The molecule has 0 saturated carbocycles. The molecule has 1 aromatic carbocycles. The van der Waals surface area contributed by atoms with Crippen molar-refractivity contribution >= 4 is 27.4 Å². The summed E-state index contributed by atoms with van der Waals surface area (Å²) in [7, 11) is -3.99. The highest BCUT2D eigenvalue weighted by Gasteiger charge is 2.31. The fraction of sp³-hybridized carbons (Fsp3) is 0.222. The van der Waals surface area contributed by atoms with Gasteiger partial charge in [-0.3, -0.25) is 0 Å². The number of carbonyl (C=O) groups is 1. The molecule has 0 spiro atoms. The molecule has 1 N–H and O–H groups in total. The van der Waals surface area contributed by atoms with E-state index in [2.05, 4.69) is 0 Å². The maximum atomic E-state index is 11.6. The van der Waals surface area contributed by atoms with E-state index in [9.17, 15) is 13.2 Å². The second kappa shape index (κ2) is 4.20. The van der Waals surface area contributed by atoms with Crippen LogP contribution in [0.4, 0.5) is 0 Å². The Morgan fingerprint density at radius 1 is 1.33 bits per heavy atom. The van der Waals surface area contributed by atoms with Gasteiger partial charge in [0.05, 0.1) is 4.90 Å². The van der Waals surface area contributed by atoms with Gasteiger partial charge in [0.2, 0.25) is 14.5 Å². The first-order valence-electron chi connectivity index (χ1n) is 4.03. The normalized spacial score (nSPS) is 13.5. The van der Waals surface area contributed by atoms with Crippen LogP contribution in [-0.4, -0.2) is 24.2 Å². The van der Waals surface area contributed by atoms with Gasteiger partial charge in [-0.1, -0.05) is 29.3 Å². The maximum Gasteiger partial charge on any atom is 0.337 e. The Morgan fingerprint density at radius 2 is 1.80 bits per heavy atom. The summed E-state index contributed by atoms with van der Waals surface area (Å²) in [6, 6.07) is 5.84. The van der Waals surface area contributed by atoms with Crippen LogP contribution >= 0.6 is 11.6 Å². The molecular weight excluding hydrogens is 240 g/mol. The lowest BCUT2D eigenvalue weighted by molar-refractivity contribution is -0.134. The van der Waals surface area contributed by atoms with Crippen molar-refractivity contribution < 1.29 is 18.3 Å². The topological polar surface area (TPSA) is 71.4 Å². The number of benzene rings is 1. The van der Waals surface area contributed by atoms with Crippen molar-refractivity contribution in [3.05, 3.63) is 29.8 Å². The second-order valence-electron chi connectivity index (χ2n) is 3.01. The summed E-state index contributed by atoms with van der Waals surface area (Å²) in [5, 5.41) is 8.52. The molecule has 0 fully saturated rings. The van der Waals surface area contributed by atoms with Crippen molar-refractivity contribution in [2.75, 3.05) is 0 Å². The first-order valence-corrected chi connectivity index (χ1v) is 6.01. The number of carboxylic acid groups (broad SMARTS) is 1. The van der Waals surface area contributed by atoms with E-state index < -0.39 is 20.5 Å². The van der Waals surface area contributed by atoms with E-state index in [0.717, 1.165) is 5.56 Å². The van der Waals surface area contributed by atoms with E-state index in [4.69, 9.17) is 16.7 Å². The van der Waals surface area contributed by atoms with Crippen LogP contribution in [0.2, 0.25) is 0 Å². The SMILES string of the molecule is Cc1ccc(S(=O)(=O)C(Cl)C(=O)O)cc1. The molecule has 0 bridgehead atoms. The van der Waals surface area contributed by atoms with E-state index in [1.165, 1.54) is 12.1 Å². The van der Waals surface area contributed by atoms with E-state index in [1.807, 2.05) is 0 Å². The zero-order valence-corrected chi connectivity index (χ0v) is 9.42. The molecule has 0 aliphatic heterocycles. The lowest BCUT2D eigenvalue weighted by Gasteiger charge is -2.06. The quantitative estimate of drug-likeness (QED) is 0.822. The first-order chi connectivity index (χ1) is 6.85. The Bertz CT molecular complexity index is 463. The molecule has 0 saturated heterocycles. The molecule has 15 heavy (non-hydrogen) atoms. The summed E-state index contributed by atoms with van der Waals surface area (Å²) < 4.78 is 21.2. The summed E-state index contributed by atoms with van der Waals surface area (Å²) in [5.41, 5.74) is 0.885. The van der Waals surface area contributed by atoms with Gasteiger partial charge in [0.15, 0.2) is 0 Å². The molecular formula is C9H9ClO4S. The third-order valence-corrected chi connectivity index (χ3v) is 4.38. The molecule has 82 valence electrons. The molecule has 0 aromatic heterocycles. The minimum absolute atomic E-state index is 0.0875. The van der Waals surface area contributed by atoms with E-state index in [-0.39, 0.29) is 4.90 Å². The Kier molecular flexibility index (Phi) is 3.36. The number of halogens is 1. The molecule has 1 rings (SSSR count). The van der Waals surface area contributed by atoms with Gasteiger partial charge in [-0.15, -0.1) is 0 Å². The Morgan fingerprint density at radius 3 is 2.20 bits per heavy atom. The number of hydrogen-bond acceptors (Lipinski definition) is 3. The fourth-order valence-corrected chi connectivity index (χ4v) is 2.31. The predicted octanol–water partition coefficient (Wildman–Crippen LogP) is 1.42.